The minimum absolute atomic E-state index is 0.454. The first-order valence-electron chi connectivity index (χ1n) is 7.72. The van der Waals surface area contributed by atoms with Crippen molar-refractivity contribution >= 4 is 17.3 Å². The summed E-state index contributed by atoms with van der Waals surface area (Å²) >= 11 is 1.71. The Morgan fingerprint density at radius 2 is 1.95 bits per heavy atom. The van der Waals surface area contributed by atoms with Crippen LogP contribution in [0, 0.1) is 6.92 Å². The van der Waals surface area contributed by atoms with E-state index in [0.29, 0.717) is 13.0 Å². The van der Waals surface area contributed by atoms with Gasteiger partial charge in [0.25, 0.3) is 0 Å². The fourth-order valence-corrected chi connectivity index (χ4v) is 3.25. The molecule has 2 aromatic rings. The molecule has 118 valence electrons. The molecule has 1 heterocycles. The highest BCUT2D eigenvalue weighted by atomic mass is 32.1. The number of unbranched alkanes of at least 4 members (excludes halogenated alkanes) is 1. The van der Waals surface area contributed by atoms with Crippen molar-refractivity contribution in [2.45, 2.75) is 45.7 Å². The zero-order valence-electron chi connectivity index (χ0n) is 13.1. The van der Waals surface area contributed by atoms with Crippen molar-refractivity contribution in [2.75, 3.05) is 0 Å². The van der Waals surface area contributed by atoms with Crippen LogP contribution in [0.3, 0.4) is 0 Å². The maximum Gasteiger partial charge on any atom is 0.320 e. The molecule has 1 unspecified atom stereocenters. The Kier molecular flexibility index (Phi) is 6.16. The van der Waals surface area contributed by atoms with Crippen LogP contribution in [0.25, 0.3) is 10.4 Å². The summed E-state index contributed by atoms with van der Waals surface area (Å²) in [5, 5.41) is 12.4. The highest BCUT2D eigenvalue weighted by molar-refractivity contribution is 7.15. The molecule has 0 amide bonds. The molecule has 3 nitrogen and oxygen atoms in total. The Balaban J connectivity index is 1.96. The van der Waals surface area contributed by atoms with Gasteiger partial charge in [-0.2, -0.15) is 0 Å². The maximum atomic E-state index is 11.2. The lowest BCUT2D eigenvalue weighted by molar-refractivity contribution is -0.139. The molecule has 1 aromatic carbocycles. The number of carboxylic acids is 1. The molecule has 1 aromatic heterocycles. The summed E-state index contributed by atoms with van der Waals surface area (Å²) in [6.07, 6.45) is 2.63. The fraction of sp³-hybridized carbons (Fsp3) is 0.389. The van der Waals surface area contributed by atoms with Crippen molar-refractivity contribution in [3.63, 3.8) is 0 Å². The molecule has 0 aliphatic carbocycles. The van der Waals surface area contributed by atoms with Gasteiger partial charge < -0.3 is 5.11 Å². The summed E-state index contributed by atoms with van der Waals surface area (Å²) in [6.45, 7) is 4.76. The topological polar surface area (TPSA) is 49.3 Å². The van der Waals surface area contributed by atoms with Gasteiger partial charge in [0.1, 0.15) is 6.04 Å². The Morgan fingerprint density at radius 1 is 1.23 bits per heavy atom. The number of aryl methyl sites for hydroxylation is 1. The zero-order valence-corrected chi connectivity index (χ0v) is 14.0. The molecule has 22 heavy (non-hydrogen) atoms. The third kappa shape index (κ3) is 4.68. The van der Waals surface area contributed by atoms with Crippen molar-refractivity contribution in [3.8, 4) is 10.4 Å². The molecule has 4 heteroatoms. The van der Waals surface area contributed by atoms with E-state index < -0.39 is 12.0 Å². The minimum Gasteiger partial charge on any atom is -0.480 e. The quantitative estimate of drug-likeness (QED) is 0.756. The number of benzene rings is 1. The number of hydrogen-bond donors (Lipinski definition) is 2. The minimum atomic E-state index is -0.760. The molecular weight excluding hydrogens is 294 g/mol. The number of hydrogen-bond acceptors (Lipinski definition) is 3. The van der Waals surface area contributed by atoms with E-state index >= 15 is 0 Å². The van der Waals surface area contributed by atoms with Gasteiger partial charge in [0, 0.05) is 16.3 Å². The van der Waals surface area contributed by atoms with Crippen LogP contribution >= 0.6 is 11.3 Å². The average molecular weight is 317 g/mol. The van der Waals surface area contributed by atoms with Crippen molar-refractivity contribution in [2.24, 2.45) is 0 Å². The van der Waals surface area contributed by atoms with E-state index in [9.17, 15) is 9.90 Å². The van der Waals surface area contributed by atoms with Gasteiger partial charge in [0.2, 0.25) is 0 Å². The molecule has 0 aliphatic rings. The van der Waals surface area contributed by atoms with Gasteiger partial charge in [0.05, 0.1) is 0 Å². The first kappa shape index (κ1) is 16.7. The summed E-state index contributed by atoms with van der Waals surface area (Å²) in [6, 6.07) is 12.2. The normalized spacial score (nSPS) is 12.3. The molecule has 0 saturated heterocycles. The molecular formula is C18H23NO2S. The lowest BCUT2D eigenvalue weighted by atomic mass is 10.1. The predicted molar refractivity (Wildman–Crippen MR) is 92.3 cm³/mol. The first-order valence-corrected chi connectivity index (χ1v) is 8.53. The number of rotatable bonds is 8. The van der Waals surface area contributed by atoms with E-state index in [1.54, 1.807) is 11.3 Å². The van der Waals surface area contributed by atoms with Crippen LogP contribution in [0.1, 0.15) is 36.6 Å². The second kappa shape index (κ2) is 8.11. The van der Waals surface area contributed by atoms with Gasteiger partial charge in [0.15, 0.2) is 0 Å². The Bertz CT molecular complexity index is 604. The third-order valence-electron chi connectivity index (χ3n) is 3.66. The Hall–Kier alpha value is -1.65. The van der Waals surface area contributed by atoms with Gasteiger partial charge in [-0.3, -0.25) is 10.1 Å². The fourth-order valence-electron chi connectivity index (χ4n) is 2.29. The first-order chi connectivity index (χ1) is 10.6. The number of carboxylic acid groups (broad SMARTS) is 1. The van der Waals surface area contributed by atoms with E-state index in [4.69, 9.17) is 0 Å². The molecule has 2 N–H and O–H groups in total. The highest BCUT2D eigenvalue weighted by Gasteiger charge is 2.16. The van der Waals surface area contributed by atoms with E-state index in [1.165, 1.54) is 20.9 Å². The van der Waals surface area contributed by atoms with Crippen molar-refractivity contribution < 1.29 is 9.90 Å². The Labute approximate surface area is 136 Å². The van der Waals surface area contributed by atoms with Crippen molar-refractivity contribution in [1.82, 2.24) is 5.32 Å². The second-order valence-electron chi connectivity index (χ2n) is 5.55. The average Bonchev–Trinajstić information content (AvgIpc) is 2.96. The van der Waals surface area contributed by atoms with Crippen molar-refractivity contribution in [3.05, 3.63) is 46.8 Å². The summed E-state index contributed by atoms with van der Waals surface area (Å²) in [5.74, 6) is -0.760. The van der Waals surface area contributed by atoms with Crippen LogP contribution in [0.5, 0.6) is 0 Å². The molecule has 0 bridgehead atoms. The smallest absolute Gasteiger partial charge is 0.320 e. The largest absolute Gasteiger partial charge is 0.480 e. The van der Waals surface area contributed by atoms with Crippen LogP contribution in [0.15, 0.2) is 36.4 Å². The highest BCUT2D eigenvalue weighted by Crippen LogP contribution is 2.28. The van der Waals surface area contributed by atoms with Gasteiger partial charge in [-0.05, 0) is 31.0 Å². The monoisotopic (exact) mass is 317 g/mol. The van der Waals surface area contributed by atoms with Crippen LogP contribution in [-0.4, -0.2) is 17.1 Å². The van der Waals surface area contributed by atoms with E-state index in [-0.39, 0.29) is 0 Å². The number of thiophene rings is 1. The van der Waals surface area contributed by atoms with Gasteiger partial charge >= 0.3 is 5.97 Å². The van der Waals surface area contributed by atoms with Crippen LogP contribution in [0.2, 0.25) is 0 Å². The van der Waals surface area contributed by atoms with Gasteiger partial charge in [-0.1, -0.05) is 49.6 Å². The zero-order chi connectivity index (χ0) is 15.9. The molecule has 0 fully saturated rings. The second-order valence-corrected chi connectivity index (χ2v) is 6.71. The maximum absolute atomic E-state index is 11.2. The van der Waals surface area contributed by atoms with E-state index in [0.717, 1.165) is 12.8 Å². The summed E-state index contributed by atoms with van der Waals surface area (Å²) < 4.78 is 0. The number of carbonyl (C=O) groups is 1. The third-order valence-corrected chi connectivity index (χ3v) is 4.80. The molecule has 0 aliphatic heterocycles. The molecule has 2 rings (SSSR count). The summed E-state index contributed by atoms with van der Waals surface area (Å²) in [4.78, 5) is 13.6. The number of aliphatic carboxylic acids is 1. The molecule has 0 saturated carbocycles. The van der Waals surface area contributed by atoms with Crippen LogP contribution in [0.4, 0.5) is 0 Å². The SMILES string of the molecule is CCCCC(NCc1ccc(-c2ccc(C)cc2)s1)C(=O)O. The van der Waals surface area contributed by atoms with E-state index in [1.807, 2.05) is 0 Å². The van der Waals surface area contributed by atoms with Crippen LogP contribution in [-0.2, 0) is 11.3 Å². The van der Waals surface area contributed by atoms with Gasteiger partial charge in [-0.15, -0.1) is 11.3 Å². The molecule has 0 radical (unpaired) electrons. The standard InChI is InChI=1S/C18H23NO2S/c1-3-4-5-16(18(20)21)19-12-15-10-11-17(22-15)14-8-6-13(2)7-9-14/h6-11,16,19H,3-5,12H2,1-2H3,(H,20,21). The lowest BCUT2D eigenvalue weighted by Crippen LogP contribution is -2.35. The Morgan fingerprint density at radius 3 is 2.59 bits per heavy atom. The lowest BCUT2D eigenvalue weighted by Gasteiger charge is -2.13. The van der Waals surface area contributed by atoms with Crippen molar-refractivity contribution in [1.29, 1.82) is 0 Å². The molecule has 0 spiro atoms. The summed E-state index contributed by atoms with van der Waals surface area (Å²) in [7, 11) is 0. The summed E-state index contributed by atoms with van der Waals surface area (Å²) in [5.41, 5.74) is 2.46. The van der Waals surface area contributed by atoms with E-state index in [2.05, 4.69) is 55.6 Å². The predicted octanol–water partition coefficient (Wildman–Crippen LogP) is 4.46. The van der Waals surface area contributed by atoms with Gasteiger partial charge in [-0.25, -0.2) is 0 Å². The molecule has 1 atom stereocenters. The van der Waals surface area contributed by atoms with Crippen LogP contribution < -0.4 is 5.32 Å². The number of nitrogens with one attached hydrogen (secondary N) is 1.